The number of aliphatic hydroxyl groups excluding tert-OH is 1. The van der Waals surface area contributed by atoms with Crippen molar-refractivity contribution in [2.24, 2.45) is 5.92 Å². The Morgan fingerprint density at radius 1 is 1.37 bits per heavy atom. The Balaban J connectivity index is 2.00. The van der Waals surface area contributed by atoms with Gasteiger partial charge in [-0.05, 0) is 39.5 Å². The Hall–Kier alpha value is -0.940. The van der Waals surface area contributed by atoms with Crippen LogP contribution in [0.3, 0.4) is 0 Å². The normalized spacial score (nSPS) is 24.6. The van der Waals surface area contributed by atoms with Gasteiger partial charge >= 0.3 is 0 Å². The van der Waals surface area contributed by atoms with Gasteiger partial charge in [-0.3, -0.25) is 0 Å². The zero-order chi connectivity index (χ0) is 13.9. The molecule has 0 radical (unpaired) electrons. The summed E-state index contributed by atoms with van der Waals surface area (Å²) in [6, 6.07) is 0. The maximum absolute atomic E-state index is 9.97. The van der Waals surface area contributed by atoms with Crippen LogP contribution < -0.4 is 0 Å². The summed E-state index contributed by atoms with van der Waals surface area (Å²) in [5.41, 5.74) is -0.526. The molecule has 108 valence electrons. The number of hydrogen-bond donors (Lipinski definition) is 1. The average molecular weight is 268 g/mol. The van der Waals surface area contributed by atoms with E-state index in [9.17, 15) is 5.11 Å². The van der Waals surface area contributed by atoms with Crippen molar-refractivity contribution in [1.29, 1.82) is 0 Å². The zero-order valence-electron chi connectivity index (χ0n) is 12.1. The van der Waals surface area contributed by atoms with Gasteiger partial charge in [-0.1, -0.05) is 18.0 Å². The van der Waals surface area contributed by atoms with Crippen LogP contribution >= 0.6 is 0 Å². The van der Waals surface area contributed by atoms with Gasteiger partial charge in [0.15, 0.2) is 0 Å². The van der Waals surface area contributed by atoms with Crippen LogP contribution in [0.15, 0.2) is 4.52 Å². The number of aromatic nitrogens is 2. The van der Waals surface area contributed by atoms with Gasteiger partial charge in [0.05, 0.1) is 6.10 Å². The van der Waals surface area contributed by atoms with Gasteiger partial charge in [-0.2, -0.15) is 4.98 Å². The van der Waals surface area contributed by atoms with Gasteiger partial charge in [-0.15, -0.1) is 0 Å². The summed E-state index contributed by atoms with van der Waals surface area (Å²) in [6.07, 6.45) is 4.64. The molecule has 0 spiro atoms. The predicted molar refractivity (Wildman–Crippen MR) is 70.6 cm³/mol. The van der Waals surface area contributed by atoms with E-state index in [1.54, 1.807) is 0 Å². The Morgan fingerprint density at radius 3 is 2.79 bits per heavy atom. The zero-order valence-corrected chi connectivity index (χ0v) is 12.1. The number of nitrogens with zero attached hydrogens (tertiary/aromatic N) is 2. The number of ether oxygens (including phenoxy) is 1. The van der Waals surface area contributed by atoms with Crippen molar-refractivity contribution in [2.75, 3.05) is 6.61 Å². The smallest absolute Gasteiger partial charge is 0.227 e. The summed E-state index contributed by atoms with van der Waals surface area (Å²) >= 11 is 0. The molecule has 0 saturated heterocycles. The fourth-order valence-electron chi connectivity index (χ4n) is 2.66. The summed E-state index contributed by atoms with van der Waals surface area (Å²) in [5, 5.41) is 14.0. The van der Waals surface area contributed by atoms with Crippen LogP contribution in [0.2, 0.25) is 0 Å². The summed E-state index contributed by atoms with van der Waals surface area (Å²) in [7, 11) is 0. The third-order valence-corrected chi connectivity index (χ3v) is 3.82. The second kappa shape index (κ2) is 6.01. The van der Waals surface area contributed by atoms with Crippen LogP contribution in [0.1, 0.15) is 58.2 Å². The lowest BCUT2D eigenvalue weighted by Gasteiger charge is -2.26. The molecule has 1 saturated carbocycles. The van der Waals surface area contributed by atoms with Gasteiger partial charge < -0.3 is 14.4 Å². The molecule has 1 fully saturated rings. The molecular formula is C14H24N2O3. The first-order valence-corrected chi connectivity index (χ1v) is 7.18. The summed E-state index contributed by atoms with van der Waals surface area (Å²) in [6.45, 7) is 6.42. The molecule has 2 unspecified atom stereocenters. The van der Waals surface area contributed by atoms with E-state index in [0.29, 0.717) is 24.7 Å². The first-order valence-electron chi connectivity index (χ1n) is 7.18. The van der Waals surface area contributed by atoms with Crippen LogP contribution in [0.25, 0.3) is 0 Å². The van der Waals surface area contributed by atoms with E-state index in [1.165, 1.54) is 6.42 Å². The third-order valence-electron chi connectivity index (χ3n) is 3.82. The van der Waals surface area contributed by atoms with Crippen molar-refractivity contribution in [3.05, 3.63) is 11.7 Å². The average Bonchev–Trinajstić information content (AvgIpc) is 2.81. The van der Waals surface area contributed by atoms with Crippen LogP contribution in [0.4, 0.5) is 0 Å². The lowest BCUT2D eigenvalue weighted by Crippen LogP contribution is -2.26. The number of rotatable bonds is 5. The second-order valence-corrected chi connectivity index (χ2v) is 5.77. The Bertz CT molecular complexity index is 403. The quantitative estimate of drug-likeness (QED) is 0.888. The predicted octanol–water partition coefficient (Wildman–Crippen LogP) is 2.43. The molecule has 5 nitrogen and oxygen atoms in total. The van der Waals surface area contributed by atoms with Gasteiger partial charge in [0.25, 0.3) is 0 Å². The van der Waals surface area contributed by atoms with E-state index >= 15 is 0 Å². The number of aliphatic hydroxyl groups is 1. The molecule has 1 aromatic heterocycles. The highest BCUT2D eigenvalue weighted by atomic mass is 16.5. The molecular weight excluding hydrogens is 244 g/mol. The van der Waals surface area contributed by atoms with E-state index in [1.807, 2.05) is 20.8 Å². The Labute approximate surface area is 114 Å². The summed E-state index contributed by atoms with van der Waals surface area (Å²) < 4.78 is 10.9. The maximum Gasteiger partial charge on any atom is 0.227 e. The highest BCUT2D eigenvalue weighted by molar-refractivity contribution is 4.98. The SMILES string of the molecule is CCOC(C)(C)c1noc(CC2CCCCC2O)n1. The van der Waals surface area contributed by atoms with Crippen LogP contribution in [-0.4, -0.2) is 28.0 Å². The summed E-state index contributed by atoms with van der Waals surface area (Å²) in [4.78, 5) is 4.42. The van der Waals surface area contributed by atoms with E-state index in [0.717, 1.165) is 19.3 Å². The van der Waals surface area contributed by atoms with Crippen molar-refractivity contribution >= 4 is 0 Å². The van der Waals surface area contributed by atoms with Crippen LogP contribution in [-0.2, 0) is 16.8 Å². The topological polar surface area (TPSA) is 68.4 Å². The molecule has 2 atom stereocenters. The van der Waals surface area contributed by atoms with Gasteiger partial charge in [-0.25, -0.2) is 0 Å². The molecule has 0 aliphatic heterocycles. The fraction of sp³-hybridized carbons (Fsp3) is 0.857. The van der Waals surface area contributed by atoms with E-state index in [4.69, 9.17) is 9.26 Å². The van der Waals surface area contributed by atoms with Crippen molar-refractivity contribution < 1.29 is 14.4 Å². The minimum absolute atomic E-state index is 0.232. The highest BCUT2D eigenvalue weighted by Crippen LogP contribution is 2.28. The van der Waals surface area contributed by atoms with Gasteiger partial charge in [0.1, 0.15) is 5.60 Å². The van der Waals surface area contributed by atoms with Crippen molar-refractivity contribution in [2.45, 2.75) is 64.6 Å². The fourth-order valence-corrected chi connectivity index (χ4v) is 2.66. The van der Waals surface area contributed by atoms with E-state index < -0.39 is 5.60 Å². The van der Waals surface area contributed by atoms with E-state index in [2.05, 4.69) is 10.1 Å². The molecule has 1 N–H and O–H groups in total. The third kappa shape index (κ3) is 3.54. The molecule has 1 heterocycles. The molecule has 5 heteroatoms. The number of hydrogen-bond acceptors (Lipinski definition) is 5. The molecule has 0 bridgehead atoms. The minimum Gasteiger partial charge on any atom is -0.393 e. The first-order chi connectivity index (χ1) is 9.03. The van der Waals surface area contributed by atoms with Crippen molar-refractivity contribution in [1.82, 2.24) is 10.1 Å². The van der Waals surface area contributed by atoms with Crippen LogP contribution in [0.5, 0.6) is 0 Å². The molecule has 1 aromatic rings. The Morgan fingerprint density at radius 2 is 2.11 bits per heavy atom. The van der Waals surface area contributed by atoms with E-state index in [-0.39, 0.29) is 12.0 Å². The molecule has 0 aromatic carbocycles. The molecule has 1 aliphatic carbocycles. The summed E-state index contributed by atoms with van der Waals surface area (Å²) in [5.74, 6) is 1.43. The largest absolute Gasteiger partial charge is 0.393 e. The first kappa shape index (κ1) is 14.5. The second-order valence-electron chi connectivity index (χ2n) is 5.77. The van der Waals surface area contributed by atoms with Crippen molar-refractivity contribution in [3.8, 4) is 0 Å². The standard InChI is InChI=1S/C14H24N2O3/c1-4-18-14(2,3)13-15-12(19-16-13)9-10-7-5-6-8-11(10)17/h10-11,17H,4-9H2,1-3H3. The lowest BCUT2D eigenvalue weighted by molar-refractivity contribution is -0.0221. The molecule has 2 rings (SSSR count). The maximum atomic E-state index is 9.97. The molecule has 1 aliphatic rings. The Kier molecular flexibility index (Phi) is 4.58. The van der Waals surface area contributed by atoms with Gasteiger partial charge in [0, 0.05) is 13.0 Å². The molecule has 19 heavy (non-hydrogen) atoms. The highest BCUT2D eigenvalue weighted by Gasteiger charge is 2.29. The minimum atomic E-state index is -0.526. The van der Waals surface area contributed by atoms with Crippen molar-refractivity contribution in [3.63, 3.8) is 0 Å². The van der Waals surface area contributed by atoms with Gasteiger partial charge in [0.2, 0.25) is 11.7 Å². The monoisotopic (exact) mass is 268 g/mol. The van der Waals surface area contributed by atoms with Crippen LogP contribution in [0, 0.1) is 5.92 Å². The lowest BCUT2D eigenvalue weighted by atomic mass is 9.84. The molecule has 0 amide bonds.